The highest BCUT2D eigenvalue weighted by Gasteiger charge is 2.10. The highest BCUT2D eigenvalue weighted by Crippen LogP contribution is 2.11. The molecule has 1 aromatic rings. The van der Waals surface area contributed by atoms with E-state index in [4.69, 9.17) is 5.11 Å². The number of carbonyl (C=O) groups excluding carboxylic acids is 1. The van der Waals surface area contributed by atoms with Crippen molar-refractivity contribution in [3.05, 3.63) is 17.0 Å². The van der Waals surface area contributed by atoms with Gasteiger partial charge < -0.3 is 15.7 Å². The summed E-state index contributed by atoms with van der Waals surface area (Å²) >= 11 is 0. The molecule has 6 nitrogen and oxygen atoms in total. The summed E-state index contributed by atoms with van der Waals surface area (Å²) in [6.45, 7) is 6.70. The molecule has 1 atom stereocenters. The van der Waals surface area contributed by atoms with Gasteiger partial charge in [-0.1, -0.05) is 0 Å². The smallest absolute Gasteiger partial charge is 0.315 e. The third kappa shape index (κ3) is 4.85. The minimum absolute atomic E-state index is 0.0732. The average Bonchev–Trinajstić information content (AvgIpc) is 2.62. The molecule has 0 saturated heterocycles. The Bertz CT molecular complexity index is 443. The first-order valence-corrected chi connectivity index (χ1v) is 7.10. The SMILES string of the molecule is Cc1nn(C)c(C)c1CCNC(=O)NC(C)CCCO. The summed E-state index contributed by atoms with van der Waals surface area (Å²) in [7, 11) is 1.93. The van der Waals surface area contributed by atoms with Gasteiger partial charge in [0.15, 0.2) is 0 Å². The maximum Gasteiger partial charge on any atom is 0.315 e. The van der Waals surface area contributed by atoms with E-state index in [2.05, 4.69) is 15.7 Å². The number of hydrogen-bond acceptors (Lipinski definition) is 3. The third-order valence-corrected chi connectivity index (χ3v) is 3.49. The second-order valence-corrected chi connectivity index (χ2v) is 5.19. The molecule has 0 bridgehead atoms. The summed E-state index contributed by atoms with van der Waals surface area (Å²) in [5, 5.41) is 18.8. The Morgan fingerprint density at radius 1 is 1.45 bits per heavy atom. The normalized spacial score (nSPS) is 12.2. The Hall–Kier alpha value is -1.56. The van der Waals surface area contributed by atoms with Gasteiger partial charge in [-0.05, 0) is 45.6 Å². The Morgan fingerprint density at radius 3 is 2.70 bits per heavy atom. The van der Waals surface area contributed by atoms with Crippen LogP contribution in [-0.2, 0) is 13.5 Å². The summed E-state index contributed by atoms with van der Waals surface area (Å²) in [4.78, 5) is 11.7. The van der Waals surface area contributed by atoms with Crippen LogP contribution in [-0.4, -0.2) is 40.1 Å². The van der Waals surface area contributed by atoms with Crippen LogP contribution in [0.1, 0.15) is 36.7 Å². The van der Waals surface area contributed by atoms with Gasteiger partial charge in [-0.2, -0.15) is 5.10 Å². The molecule has 3 N–H and O–H groups in total. The number of aryl methyl sites for hydroxylation is 2. The Balaban J connectivity index is 2.31. The van der Waals surface area contributed by atoms with E-state index in [0.717, 1.165) is 24.2 Å². The summed E-state index contributed by atoms with van der Waals surface area (Å²) in [6.07, 6.45) is 2.27. The number of hydrogen-bond donors (Lipinski definition) is 3. The lowest BCUT2D eigenvalue weighted by atomic mass is 10.1. The molecule has 2 amide bonds. The molecule has 1 unspecified atom stereocenters. The van der Waals surface area contributed by atoms with Crippen molar-refractivity contribution in [3.63, 3.8) is 0 Å². The van der Waals surface area contributed by atoms with Crippen LogP contribution in [0.3, 0.4) is 0 Å². The maximum atomic E-state index is 11.7. The Morgan fingerprint density at radius 2 is 2.15 bits per heavy atom. The lowest BCUT2D eigenvalue weighted by Crippen LogP contribution is -2.41. The lowest BCUT2D eigenvalue weighted by molar-refractivity contribution is 0.234. The second-order valence-electron chi connectivity index (χ2n) is 5.19. The number of aliphatic hydroxyl groups excluding tert-OH is 1. The van der Waals surface area contributed by atoms with Crippen LogP contribution in [0.2, 0.25) is 0 Å². The highest BCUT2D eigenvalue weighted by atomic mass is 16.3. The van der Waals surface area contributed by atoms with Gasteiger partial charge in [0.25, 0.3) is 0 Å². The van der Waals surface area contributed by atoms with E-state index < -0.39 is 0 Å². The highest BCUT2D eigenvalue weighted by molar-refractivity contribution is 5.74. The van der Waals surface area contributed by atoms with Crippen LogP contribution < -0.4 is 10.6 Å². The fourth-order valence-corrected chi connectivity index (χ4v) is 2.22. The van der Waals surface area contributed by atoms with Crippen LogP contribution in [0.4, 0.5) is 4.79 Å². The van der Waals surface area contributed by atoms with Crippen molar-refractivity contribution in [2.75, 3.05) is 13.2 Å². The van der Waals surface area contributed by atoms with E-state index in [1.807, 2.05) is 32.5 Å². The van der Waals surface area contributed by atoms with Gasteiger partial charge in [0.2, 0.25) is 0 Å². The van der Waals surface area contributed by atoms with E-state index in [1.165, 1.54) is 5.56 Å². The molecule has 0 aliphatic carbocycles. The molecule has 1 aromatic heterocycles. The summed E-state index contributed by atoms with van der Waals surface area (Å²) < 4.78 is 1.86. The van der Waals surface area contributed by atoms with Crippen LogP contribution in [0.25, 0.3) is 0 Å². The lowest BCUT2D eigenvalue weighted by Gasteiger charge is -2.14. The van der Waals surface area contributed by atoms with Crippen molar-refractivity contribution >= 4 is 6.03 Å². The zero-order valence-electron chi connectivity index (χ0n) is 12.9. The zero-order valence-corrected chi connectivity index (χ0v) is 12.9. The van der Waals surface area contributed by atoms with Crippen molar-refractivity contribution in [1.29, 1.82) is 0 Å². The molecule has 0 aromatic carbocycles. The first-order chi connectivity index (χ1) is 9.45. The van der Waals surface area contributed by atoms with Gasteiger partial charge in [-0.25, -0.2) is 4.79 Å². The van der Waals surface area contributed by atoms with Gasteiger partial charge in [-0.15, -0.1) is 0 Å². The quantitative estimate of drug-likeness (QED) is 0.699. The molecular formula is C14H26N4O2. The molecule has 1 rings (SSSR count). The fourth-order valence-electron chi connectivity index (χ4n) is 2.22. The monoisotopic (exact) mass is 282 g/mol. The molecule has 0 aliphatic rings. The number of aliphatic hydroxyl groups is 1. The molecule has 0 aliphatic heterocycles. The van der Waals surface area contributed by atoms with Crippen molar-refractivity contribution in [1.82, 2.24) is 20.4 Å². The van der Waals surface area contributed by atoms with Crippen LogP contribution in [0.15, 0.2) is 0 Å². The molecule has 0 radical (unpaired) electrons. The average molecular weight is 282 g/mol. The number of rotatable bonds is 7. The molecule has 20 heavy (non-hydrogen) atoms. The minimum Gasteiger partial charge on any atom is -0.396 e. The topological polar surface area (TPSA) is 79.2 Å². The van der Waals surface area contributed by atoms with E-state index in [-0.39, 0.29) is 18.7 Å². The van der Waals surface area contributed by atoms with Crippen LogP contribution in [0, 0.1) is 13.8 Å². The minimum atomic E-state index is -0.158. The fraction of sp³-hybridized carbons (Fsp3) is 0.714. The summed E-state index contributed by atoms with van der Waals surface area (Å²) in [5.41, 5.74) is 3.35. The second kappa shape index (κ2) is 7.89. The van der Waals surface area contributed by atoms with Gasteiger partial charge >= 0.3 is 6.03 Å². The Kier molecular flexibility index (Phi) is 6.51. The standard InChI is InChI=1S/C14H26N4O2/c1-10(6-5-9-19)16-14(20)15-8-7-13-11(2)17-18(4)12(13)3/h10,19H,5-9H2,1-4H3,(H2,15,16,20). The number of carbonyl (C=O) groups is 1. The van der Waals surface area contributed by atoms with Gasteiger partial charge in [0.05, 0.1) is 5.69 Å². The molecule has 0 saturated carbocycles. The van der Waals surface area contributed by atoms with Crippen molar-refractivity contribution in [2.24, 2.45) is 7.05 Å². The van der Waals surface area contributed by atoms with Gasteiger partial charge in [-0.3, -0.25) is 4.68 Å². The van der Waals surface area contributed by atoms with Crippen LogP contribution in [0.5, 0.6) is 0 Å². The van der Waals surface area contributed by atoms with Crippen LogP contribution >= 0.6 is 0 Å². The van der Waals surface area contributed by atoms with E-state index in [9.17, 15) is 4.79 Å². The van der Waals surface area contributed by atoms with E-state index in [1.54, 1.807) is 0 Å². The van der Waals surface area contributed by atoms with E-state index in [0.29, 0.717) is 13.0 Å². The van der Waals surface area contributed by atoms with Gasteiger partial charge in [0.1, 0.15) is 0 Å². The summed E-state index contributed by atoms with van der Waals surface area (Å²) in [5.74, 6) is 0. The summed E-state index contributed by atoms with van der Waals surface area (Å²) in [6, 6.07) is -0.0846. The largest absolute Gasteiger partial charge is 0.396 e. The van der Waals surface area contributed by atoms with E-state index >= 15 is 0 Å². The molecule has 114 valence electrons. The molecule has 6 heteroatoms. The first-order valence-electron chi connectivity index (χ1n) is 7.10. The zero-order chi connectivity index (χ0) is 15.1. The number of nitrogens with one attached hydrogen (secondary N) is 2. The van der Waals surface area contributed by atoms with Crippen molar-refractivity contribution in [2.45, 2.75) is 46.1 Å². The molecular weight excluding hydrogens is 256 g/mol. The van der Waals surface area contributed by atoms with Gasteiger partial charge in [0, 0.05) is 31.9 Å². The van der Waals surface area contributed by atoms with Crippen molar-refractivity contribution in [3.8, 4) is 0 Å². The van der Waals surface area contributed by atoms with Crippen molar-refractivity contribution < 1.29 is 9.90 Å². The number of urea groups is 1. The number of nitrogens with zero attached hydrogens (tertiary/aromatic N) is 2. The first kappa shape index (κ1) is 16.5. The predicted molar refractivity (Wildman–Crippen MR) is 78.7 cm³/mol. The third-order valence-electron chi connectivity index (χ3n) is 3.49. The Labute approximate surface area is 120 Å². The number of aromatic nitrogens is 2. The predicted octanol–water partition coefficient (Wildman–Crippen LogP) is 1.04. The molecule has 1 heterocycles. The maximum absolute atomic E-state index is 11.7. The molecule has 0 fully saturated rings. The molecule has 0 spiro atoms. The number of amides is 2.